The van der Waals surface area contributed by atoms with Crippen molar-refractivity contribution in [2.45, 2.75) is 18.9 Å². The number of carbonyl (C=O) groups is 2. The van der Waals surface area contributed by atoms with E-state index in [2.05, 4.69) is 0 Å². The zero-order valence-corrected chi connectivity index (χ0v) is 10.9. The van der Waals surface area contributed by atoms with Gasteiger partial charge in [-0.05, 0) is 31.0 Å². The first-order chi connectivity index (χ1) is 8.50. The third kappa shape index (κ3) is 2.44. The molecule has 1 aromatic carbocycles. The molecule has 0 spiro atoms. The van der Waals surface area contributed by atoms with E-state index < -0.39 is 12.0 Å². The fourth-order valence-electron chi connectivity index (χ4n) is 2.08. The highest BCUT2D eigenvalue weighted by atomic mass is 35.5. The second-order valence-corrected chi connectivity index (χ2v) is 4.96. The minimum atomic E-state index is -0.981. The number of nitrogens with zero attached hydrogens (tertiary/aromatic N) is 1. The molecule has 0 radical (unpaired) electrons. The Labute approximate surface area is 114 Å². The molecule has 0 bridgehead atoms. The van der Waals surface area contributed by atoms with Crippen molar-refractivity contribution in [3.05, 3.63) is 33.8 Å². The minimum absolute atomic E-state index is 0.239. The van der Waals surface area contributed by atoms with Crippen LogP contribution in [0.25, 0.3) is 0 Å². The number of halogens is 2. The fourth-order valence-corrected chi connectivity index (χ4v) is 2.57. The molecule has 0 unspecified atom stereocenters. The van der Waals surface area contributed by atoms with Crippen LogP contribution in [0.2, 0.25) is 10.0 Å². The van der Waals surface area contributed by atoms with Crippen LogP contribution in [-0.4, -0.2) is 34.5 Å². The molecule has 1 atom stereocenters. The largest absolute Gasteiger partial charge is 0.480 e. The molecule has 96 valence electrons. The second kappa shape index (κ2) is 5.16. The Morgan fingerprint density at radius 3 is 2.67 bits per heavy atom. The maximum atomic E-state index is 12.2. The molecule has 0 aliphatic carbocycles. The van der Waals surface area contributed by atoms with Crippen LogP contribution in [0.3, 0.4) is 0 Å². The lowest BCUT2D eigenvalue weighted by Crippen LogP contribution is -2.40. The smallest absolute Gasteiger partial charge is 0.326 e. The van der Waals surface area contributed by atoms with Crippen molar-refractivity contribution in [3.8, 4) is 0 Å². The van der Waals surface area contributed by atoms with Gasteiger partial charge in [0.15, 0.2) is 0 Å². The SMILES string of the molecule is O=C(O)[C@@H]1CCCN1C(=O)c1ccc(Cl)cc1Cl. The molecule has 1 N–H and O–H groups in total. The topological polar surface area (TPSA) is 57.6 Å². The predicted molar refractivity (Wildman–Crippen MR) is 68.2 cm³/mol. The molecular weight excluding hydrogens is 277 g/mol. The van der Waals surface area contributed by atoms with Crippen LogP contribution in [0.5, 0.6) is 0 Å². The molecule has 1 heterocycles. The zero-order chi connectivity index (χ0) is 13.3. The lowest BCUT2D eigenvalue weighted by molar-refractivity contribution is -0.141. The summed E-state index contributed by atoms with van der Waals surface area (Å²) in [6.07, 6.45) is 1.17. The number of carboxylic acids is 1. The molecule has 1 fully saturated rings. The first-order valence-corrected chi connectivity index (χ1v) is 6.25. The van der Waals surface area contributed by atoms with Gasteiger partial charge in [-0.25, -0.2) is 4.79 Å². The molecule has 1 saturated heterocycles. The maximum Gasteiger partial charge on any atom is 0.326 e. The fraction of sp³-hybridized carbons (Fsp3) is 0.333. The summed E-state index contributed by atoms with van der Waals surface area (Å²) in [4.78, 5) is 24.6. The molecule has 0 aromatic heterocycles. The first kappa shape index (κ1) is 13.2. The van der Waals surface area contributed by atoms with Crippen molar-refractivity contribution in [2.24, 2.45) is 0 Å². The van der Waals surface area contributed by atoms with Crippen molar-refractivity contribution >= 4 is 35.1 Å². The van der Waals surface area contributed by atoms with Crippen LogP contribution in [0.4, 0.5) is 0 Å². The van der Waals surface area contributed by atoms with Gasteiger partial charge in [-0.3, -0.25) is 4.79 Å². The number of carbonyl (C=O) groups excluding carboxylic acids is 1. The zero-order valence-electron chi connectivity index (χ0n) is 9.40. The van der Waals surface area contributed by atoms with Crippen LogP contribution < -0.4 is 0 Å². The quantitative estimate of drug-likeness (QED) is 0.910. The Morgan fingerprint density at radius 1 is 1.33 bits per heavy atom. The summed E-state index contributed by atoms with van der Waals surface area (Å²) in [7, 11) is 0. The van der Waals surface area contributed by atoms with Gasteiger partial charge in [0, 0.05) is 11.6 Å². The van der Waals surface area contributed by atoms with Crippen molar-refractivity contribution in [2.75, 3.05) is 6.54 Å². The lowest BCUT2D eigenvalue weighted by atomic mass is 10.1. The van der Waals surface area contributed by atoms with Gasteiger partial charge in [-0.2, -0.15) is 0 Å². The minimum Gasteiger partial charge on any atom is -0.480 e. The maximum absolute atomic E-state index is 12.2. The van der Waals surface area contributed by atoms with E-state index in [1.807, 2.05) is 0 Å². The summed E-state index contributed by atoms with van der Waals surface area (Å²) in [6, 6.07) is 3.79. The number of likely N-dealkylation sites (tertiary alicyclic amines) is 1. The molecule has 1 amide bonds. The summed E-state index contributed by atoms with van der Waals surface area (Å²) in [5, 5.41) is 9.72. The molecule has 1 aromatic rings. The molecule has 4 nitrogen and oxygen atoms in total. The van der Waals surface area contributed by atoms with Crippen LogP contribution in [0, 0.1) is 0 Å². The van der Waals surface area contributed by atoms with Gasteiger partial charge in [0.2, 0.25) is 0 Å². The van der Waals surface area contributed by atoms with Crippen molar-refractivity contribution in [1.82, 2.24) is 4.90 Å². The Kier molecular flexibility index (Phi) is 3.78. The van der Waals surface area contributed by atoms with E-state index in [9.17, 15) is 9.59 Å². The summed E-state index contributed by atoms with van der Waals surface area (Å²) in [5.41, 5.74) is 0.286. The lowest BCUT2D eigenvalue weighted by Gasteiger charge is -2.21. The van der Waals surface area contributed by atoms with Crippen molar-refractivity contribution in [1.29, 1.82) is 0 Å². The monoisotopic (exact) mass is 287 g/mol. The second-order valence-electron chi connectivity index (χ2n) is 4.12. The van der Waals surface area contributed by atoms with Gasteiger partial charge < -0.3 is 10.0 Å². The van der Waals surface area contributed by atoms with Crippen LogP contribution in [-0.2, 0) is 4.79 Å². The van der Waals surface area contributed by atoms with E-state index in [1.54, 1.807) is 6.07 Å². The van der Waals surface area contributed by atoms with Gasteiger partial charge >= 0.3 is 5.97 Å². The van der Waals surface area contributed by atoms with Gasteiger partial charge in [-0.1, -0.05) is 23.2 Å². The highest BCUT2D eigenvalue weighted by Gasteiger charge is 2.34. The van der Waals surface area contributed by atoms with Crippen molar-refractivity contribution in [3.63, 3.8) is 0 Å². The van der Waals surface area contributed by atoms with E-state index in [4.69, 9.17) is 28.3 Å². The number of amides is 1. The molecule has 18 heavy (non-hydrogen) atoms. The first-order valence-electron chi connectivity index (χ1n) is 5.49. The van der Waals surface area contributed by atoms with E-state index >= 15 is 0 Å². The summed E-state index contributed by atoms with van der Waals surface area (Å²) < 4.78 is 0. The molecule has 2 rings (SSSR count). The Morgan fingerprint density at radius 2 is 2.06 bits per heavy atom. The Hall–Kier alpha value is -1.26. The van der Waals surface area contributed by atoms with Gasteiger partial charge in [-0.15, -0.1) is 0 Å². The molecule has 1 aliphatic rings. The molecule has 1 aliphatic heterocycles. The average molecular weight is 288 g/mol. The van der Waals surface area contributed by atoms with Gasteiger partial charge in [0.1, 0.15) is 6.04 Å². The number of hydrogen-bond donors (Lipinski definition) is 1. The third-order valence-corrected chi connectivity index (χ3v) is 3.51. The van der Waals surface area contributed by atoms with E-state index in [1.165, 1.54) is 17.0 Å². The molecule has 6 heteroatoms. The number of benzene rings is 1. The normalized spacial score (nSPS) is 19.0. The van der Waals surface area contributed by atoms with Crippen LogP contribution >= 0.6 is 23.2 Å². The number of rotatable bonds is 2. The standard InChI is InChI=1S/C12H11Cl2NO3/c13-7-3-4-8(9(14)6-7)11(16)15-5-1-2-10(15)12(17)18/h3-4,6,10H,1-2,5H2,(H,17,18)/t10-/m0/s1. The van der Waals surface area contributed by atoms with Gasteiger partial charge in [0.05, 0.1) is 10.6 Å². The molecular formula is C12H11Cl2NO3. The van der Waals surface area contributed by atoms with E-state index in [-0.39, 0.29) is 16.5 Å². The van der Waals surface area contributed by atoms with Crippen LogP contribution in [0.15, 0.2) is 18.2 Å². The molecule has 0 saturated carbocycles. The van der Waals surface area contributed by atoms with E-state index in [0.717, 1.165) is 0 Å². The summed E-state index contributed by atoms with van der Waals surface area (Å²) in [6.45, 7) is 0.439. The third-order valence-electron chi connectivity index (χ3n) is 2.96. The van der Waals surface area contributed by atoms with E-state index in [0.29, 0.717) is 24.4 Å². The summed E-state index contributed by atoms with van der Waals surface area (Å²) >= 11 is 11.7. The Balaban J connectivity index is 2.28. The van der Waals surface area contributed by atoms with Crippen molar-refractivity contribution < 1.29 is 14.7 Å². The number of carboxylic acid groups (broad SMARTS) is 1. The number of hydrogen-bond acceptors (Lipinski definition) is 2. The number of aliphatic carboxylic acids is 1. The summed E-state index contributed by atoms with van der Waals surface area (Å²) in [5.74, 6) is -1.34. The Bertz CT molecular complexity index is 504. The van der Waals surface area contributed by atoms with Gasteiger partial charge in [0.25, 0.3) is 5.91 Å². The average Bonchev–Trinajstić information content (AvgIpc) is 2.77. The predicted octanol–water partition coefficient (Wildman–Crippen LogP) is 2.68. The van der Waals surface area contributed by atoms with Crippen LogP contribution in [0.1, 0.15) is 23.2 Å². The highest BCUT2D eigenvalue weighted by molar-refractivity contribution is 6.36. The highest BCUT2D eigenvalue weighted by Crippen LogP contribution is 2.26.